The quantitative estimate of drug-likeness (QED) is 0.756. The topological polar surface area (TPSA) is 81.9 Å². The summed E-state index contributed by atoms with van der Waals surface area (Å²) in [7, 11) is 0. The Balaban J connectivity index is 1.26. The van der Waals surface area contributed by atoms with E-state index in [-0.39, 0.29) is 5.91 Å². The van der Waals surface area contributed by atoms with E-state index < -0.39 is 0 Å². The summed E-state index contributed by atoms with van der Waals surface area (Å²) in [5.74, 6) is 1.83. The molecule has 7 heteroatoms. The number of nitrogens with zero attached hydrogens (tertiary/aromatic N) is 4. The fraction of sp³-hybridized carbons (Fsp3) is 0.600. The fourth-order valence-electron chi connectivity index (χ4n) is 4.05. The molecule has 1 aromatic carbocycles. The van der Waals surface area contributed by atoms with Crippen LogP contribution in [0.2, 0.25) is 0 Å². The summed E-state index contributed by atoms with van der Waals surface area (Å²) in [4.78, 5) is 11.7. The fourth-order valence-corrected chi connectivity index (χ4v) is 4.05. The number of carbonyl (C=O) groups excluding carboxylic acids is 1. The van der Waals surface area contributed by atoms with Gasteiger partial charge in [-0.3, -0.25) is 4.79 Å². The maximum absolute atomic E-state index is 11.7. The van der Waals surface area contributed by atoms with E-state index in [1.54, 1.807) is 0 Å². The third-order valence-electron chi connectivity index (χ3n) is 5.53. The summed E-state index contributed by atoms with van der Waals surface area (Å²) in [6.07, 6.45) is 10.4. The number of hydrogen-bond acceptors (Lipinski definition) is 5. The van der Waals surface area contributed by atoms with Crippen LogP contribution in [0.25, 0.3) is 0 Å². The highest BCUT2D eigenvalue weighted by atomic mass is 16.5. The number of carbonyl (C=O) groups is 1. The van der Waals surface area contributed by atoms with E-state index in [1.807, 2.05) is 22.9 Å². The molecule has 2 aliphatic rings. The number of amides is 1. The Morgan fingerprint density at radius 1 is 1.15 bits per heavy atom. The van der Waals surface area contributed by atoms with E-state index in [4.69, 9.17) is 4.74 Å². The summed E-state index contributed by atoms with van der Waals surface area (Å²) < 4.78 is 7.99. The summed E-state index contributed by atoms with van der Waals surface area (Å²) in [5, 5.41) is 15.3. The molecule has 0 radical (unpaired) electrons. The number of aryl methyl sites for hydroxylation is 2. The smallest absolute Gasteiger partial charge is 0.224 e. The maximum atomic E-state index is 11.7. The second-order valence-corrected chi connectivity index (χ2v) is 7.48. The number of nitrogens with one attached hydrogen (secondary N) is 1. The third kappa shape index (κ3) is 4.28. The number of rotatable bonds is 7. The first-order chi connectivity index (χ1) is 13.3. The molecule has 1 saturated carbocycles. The minimum atomic E-state index is 0.0631. The second kappa shape index (κ2) is 8.50. The molecule has 1 amide bonds. The van der Waals surface area contributed by atoms with E-state index in [2.05, 4.69) is 20.8 Å². The molecule has 0 unspecified atom stereocenters. The van der Waals surface area contributed by atoms with Gasteiger partial charge in [-0.2, -0.15) is 0 Å². The molecule has 1 N–H and O–H groups in total. The van der Waals surface area contributed by atoms with Crippen LogP contribution in [0.4, 0.5) is 5.69 Å². The standard InChI is InChI=1S/C20H27N5O2/c26-19-13-12-15-7-6-10-17(20(15)21-19)27-14-5-4-11-18-22-23-24-25(18)16-8-2-1-3-9-16/h6-7,10,16H,1-5,8-9,11-14H2,(H,21,26). The van der Waals surface area contributed by atoms with Crippen molar-refractivity contribution in [1.29, 1.82) is 0 Å². The largest absolute Gasteiger partial charge is 0.491 e. The molecule has 27 heavy (non-hydrogen) atoms. The van der Waals surface area contributed by atoms with Crippen LogP contribution in [0.15, 0.2) is 18.2 Å². The molecule has 0 saturated heterocycles. The lowest BCUT2D eigenvalue weighted by Crippen LogP contribution is -2.20. The number of fused-ring (bicyclic) bond motifs is 1. The van der Waals surface area contributed by atoms with Crippen molar-refractivity contribution in [3.8, 4) is 5.75 Å². The van der Waals surface area contributed by atoms with Gasteiger partial charge in [0.15, 0.2) is 5.82 Å². The molecule has 0 spiro atoms. The molecule has 7 nitrogen and oxygen atoms in total. The molecule has 1 aromatic heterocycles. The number of aromatic nitrogens is 4. The van der Waals surface area contributed by atoms with Gasteiger partial charge in [0.2, 0.25) is 5.91 Å². The zero-order valence-corrected chi connectivity index (χ0v) is 15.7. The number of para-hydroxylation sites is 1. The van der Waals surface area contributed by atoms with Gasteiger partial charge in [-0.05, 0) is 54.2 Å². The minimum absolute atomic E-state index is 0.0631. The highest BCUT2D eigenvalue weighted by molar-refractivity contribution is 5.95. The van der Waals surface area contributed by atoms with Crippen LogP contribution in [-0.4, -0.2) is 32.7 Å². The van der Waals surface area contributed by atoms with Crippen molar-refractivity contribution >= 4 is 11.6 Å². The molecule has 1 fully saturated rings. The van der Waals surface area contributed by atoms with Gasteiger partial charge in [-0.15, -0.1) is 5.10 Å². The summed E-state index contributed by atoms with van der Waals surface area (Å²) >= 11 is 0. The van der Waals surface area contributed by atoms with Gasteiger partial charge < -0.3 is 10.1 Å². The molecule has 0 bridgehead atoms. The normalized spacial score (nSPS) is 17.4. The van der Waals surface area contributed by atoms with Gasteiger partial charge in [0.05, 0.1) is 18.3 Å². The zero-order chi connectivity index (χ0) is 18.5. The number of anilines is 1. The monoisotopic (exact) mass is 369 g/mol. The average molecular weight is 369 g/mol. The molecule has 1 aliphatic carbocycles. The number of hydrogen-bond donors (Lipinski definition) is 1. The van der Waals surface area contributed by atoms with Gasteiger partial charge in [-0.1, -0.05) is 31.4 Å². The molecular weight excluding hydrogens is 342 g/mol. The Morgan fingerprint density at radius 2 is 2.04 bits per heavy atom. The van der Waals surface area contributed by atoms with Crippen molar-refractivity contribution in [2.45, 2.75) is 70.3 Å². The van der Waals surface area contributed by atoms with Gasteiger partial charge in [-0.25, -0.2) is 4.68 Å². The predicted octanol–water partition coefficient (Wildman–Crippen LogP) is 3.46. The van der Waals surface area contributed by atoms with Crippen LogP contribution in [0.1, 0.15) is 68.8 Å². The van der Waals surface area contributed by atoms with Gasteiger partial charge in [0.1, 0.15) is 5.75 Å². The predicted molar refractivity (Wildman–Crippen MR) is 102 cm³/mol. The molecular formula is C20H27N5O2. The molecule has 2 aromatic rings. The van der Waals surface area contributed by atoms with Crippen LogP contribution in [-0.2, 0) is 17.6 Å². The Morgan fingerprint density at radius 3 is 2.93 bits per heavy atom. The van der Waals surface area contributed by atoms with Crippen molar-refractivity contribution in [2.75, 3.05) is 11.9 Å². The van der Waals surface area contributed by atoms with Crippen molar-refractivity contribution in [2.24, 2.45) is 0 Å². The summed E-state index contributed by atoms with van der Waals surface area (Å²) in [5.41, 5.74) is 1.99. The Hall–Kier alpha value is -2.44. The Kier molecular flexibility index (Phi) is 5.65. The van der Waals surface area contributed by atoms with Crippen molar-refractivity contribution in [3.05, 3.63) is 29.6 Å². The lowest BCUT2D eigenvalue weighted by molar-refractivity contribution is -0.116. The lowest BCUT2D eigenvalue weighted by atomic mass is 9.95. The zero-order valence-electron chi connectivity index (χ0n) is 15.7. The maximum Gasteiger partial charge on any atom is 0.224 e. The highest BCUT2D eigenvalue weighted by Gasteiger charge is 2.20. The molecule has 1 aliphatic heterocycles. The van der Waals surface area contributed by atoms with E-state index in [0.29, 0.717) is 19.1 Å². The first-order valence-electron chi connectivity index (χ1n) is 10.1. The molecule has 4 rings (SSSR count). The van der Waals surface area contributed by atoms with Crippen LogP contribution >= 0.6 is 0 Å². The minimum Gasteiger partial charge on any atom is -0.491 e. The van der Waals surface area contributed by atoms with E-state index in [1.165, 1.54) is 32.1 Å². The van der Waals surface area contributed by atoms with Crippen LogP contribution in [0.5, 0.6) is 5.75 Å². The van der Waals surface area contributed by atoms with Gasteiger partial charge >= 0.3 is 0 Å². The average Bonchev–Trinajstić information content (AvgIpc) is 3.17. The van der Waals surface area contributed by atoms with Crippen molar-refractivity contribution in [3.63, 3.8) is 0 Å². The first kappa shape index (κ1) is 17.9. The van der Waals surface area contributed by atoms with Gasteiger partial charge in [0.25, 0.3) is 0 Å². The van der Waals surface area contributed by atoms with Crippen molar-refractivity contribution < 1.29 is 9.53 Å². The van der Waals surface area contributed by atoms with E-state index in [0.717, 1.165) is 48.5 Å². The molecule has 0 atom stereocenters. The number of tetrazole rings is 1. The Bertz CT molecular complexity index is 782. The molecule has 2 heterocycles. The third-order valence-corrected chi connectivity index (χ3v) is 5.53. The summed E-state index contributed by atoms with van der Waals surface area (Å²) in [6.45, 7) is 0.622. The first-order valence-corrected chi connectivity index (χ1v) is 10.1. The summed E-state index contributed by atoms with van der Waals surface area (Å²) in [6, 6.07) is 6.43. The SMILES string of the molecule is O=C1CCc2cccc(OCCCCc3nnnn3C3CCCCC3)c2N1. The van der Waals surface area contributed by atoms with Crippen LogP contribution < -0.4 is 10.1 Å². The highest BCUT2D eigenvalue weighted by Crippen LogP contribution is 2.32. The van der Waals surface area contributed by atoms with Crippen molar-refractivity contribution in [1.82, 2.24) is 20.2 Å². The Labute approximate surface area is 159 Å². The van der Waals surface area contributed by atoms with E-state index in [9.17, 15) is 4.79 Å². The molecule has 144 valence electrons. The second-order valence-electron chi connectivity index (χ2n) is 7.48. The van der Waals surface area contributed by atoms with Crippen LogP contribution in [0, 0.1) is 0 Å². The number of unbranched alkanes of at least 4 members (excludes halogenated alkanes) is 1. The lowest BCUT2D eigenvalue weighted by Gasteiger charge is -2.22. The van der Waals surface area contributed by atoms with Crippen LogP contribution in [0.3, 0.4) is 0 Å². The number of ether oxygens (including phenoxy) is 1. The van der Waals surface area contributed by atoms with E-state index >= 15 is 0 Å². The number of benzene rings is 1. The van der Waals surface area contributed by atoms with Gasteiger partial charge in [0, 0.05) is 12.8 Å².